The van der Waals surface area contributed by atoms with Gasteiger partial charge < -0.3 is 10.1 Å². The fourth-order valence-electron chi connectivity index (χ4n) is 1.88. The maximum atomic E-state index is 12.3. The van der Waals surface area contributed by atoms with Gasteiger partial charge in [0.1, 0.15) is 5.75 Å². The summed E-state index contributed by atoms with van der Waals surface area (Å²) in [5.41, 5.74) is 1.08. The first-order valence-electron chi connectivity index (χ1n) is 6.51. The number of halogens is 1. The molecule has 2 N–H and O–H groups in total. The fraction of sp³-hybridized carbons (Fsp3) is 0.133. The summed E-state index contributed by atoms with van der Waals surface area (Å²) in [6.07, 6.45) is 1.03. The molecule has 23 heavy (non-hydrogen) atoms. The van der Waals surface area contributed by atoms with Crippen molar-refractivity contribution >= 4 is 38.9 Å². The van der Waals surface area contributed by atoms with Gasteiger partial charge in [-0.25, -0.2) is 8.42 Å². The van der Waals surface area contributed by atoms with Crippen molar-refractivity contribution in [1.29, 1.82) is 0 Å². The van der Waals surface area contributed by atoms with Crippen LogP contribution in [0.3, 0.4) is 0 Å². The number of sulfonamides is 1. The zero-order valence-electron chi connectivity index (χ0n) is 12.5. The molecule has 0 aliphatic heterocycles. The third-order valence-electron chi connectivity index (χ3n) is 2.84. The second kappa shape index (κ2) is 6.89. The number of hydrogen-bond donors (Lipinski definition) is 2. The minimum Gasteiger partial charge on any atom is -0.497 e. The summed E-state index contributed by atoms with van der Waals surface area (Å²) in [5, 5.41) is 2.84. The van der Waals surface area contributed by atoms with Crippen molar-refractivity contribution < 1.29 is 17.9 Å². The number of carbonyl (C=O) groups is 1. The van der Waals surface area contributed by atoms with E-state index in [-0.39, 0.29) is 16.3 Å². The van der Waals surface area contributed by atoms with Crippen LogP contribution in [0.5, 0.6) is 5.75 Å². The molecule has 6 nitrogen and oxygen atoms in total. The van der Waals surface area contributed by atoms with E-state index in [2.05, 4.69) is 10.0 Å². The molecular formula is C15H15ClN2O4S. The summed E-state index contributed by atoms with van der Waals surface area (Å²) in [6, 6.07) is 11.2. The SMILES string of the molecule is COc1cccc(NC(=O)c2ccc(NS(C)(=O)=O)cc2Cl)c1. The highest BCUT2D eigenvalue weighted by Crippen LogP contribution is 2.23. The van der Waals surface area contributed by atoms with Crippen LogP contribution in [-0.2, 0) is 10.0 Å². The predicted molar refractivity (Wildman–Crippen MR) is 90.9 cm³/mol. The van der Waals surface area contributed by atoms with Gasteiger partial charge in [-0.2, -0.15) is 0 Å². The Morgan fingerprint density at radius 2 is 1.87 bits per heavy atom. The van der Waals surface area contributed by atoms with Crippen molar-refractivity contribution in [2.75, 3.05) is 23.4 Å². The van der Waals surface area contributed by atoms with Crippen LogP contribution in [0.4, 0.5) is 11.4 Å². The smallest absolute Gasteiger partial charge is 0.257 e. The van der Waals surface area contributed by atoms with Crippen molar-refractivity contribution in [3.05, 3.63) is 53.1 Å². The monoisotopic (exact) mass is 354 g/mol. The van der Waals surface area contributed by atoms with Gasteiger partial charge in [0.05, 0.1) is 24.0 Å². The van der Waals surface area contributed by atoms with Crippen molar-refractivity contribution in [2.24, 2.45) is 0 Å². The normalized spacial score (nSPS) is 10.9. The predicted octanol–water partition coefficient (Wildman–Crippen LogP) is 2.97. The zero-order chi connectivity index (χ0) is 17.0. The van der Waals surface area contributed by atoms with Gasteiger partial charge in [-0.1, -0.05) is 17.7 Å². The number of hydrogen-bond acceptors (Lipinski definition) is 4. The molecule has 0 saturated carbocycles. The maximum Gasteiger partial charge on any atom is 0.257 e. The number of rotatable bonds is 5. The lowest BCUT2D eigenvalue weighted by atomic mass is 10.2. The molecule has 0 spiro atoms. The summed E-state index contributed by atoms with van der Waals surface area (Å²) in [5.74, 6) is 0.204. The highest BCUT2D eigenvalue weighted by atomic mass is 35.5. The largest absolute Gasteiger partial charge is 0.497 e. The highest BCUT2D eigenvalue weighted by Gasteiger charge is 2.12. The zero-order valence-corrected chi connectivity index (χ0v) is 14.0. The first kappa shape index (κ1) is 17.1. The summed E-state index contributed by atoms with van der Waals surface area (Å²) in [4.78, 5) is 12.3. The molecule has 0 heterocycles. The third-order valence-corrected chi connectivity index (χ3v) is 3.76. The van der Waals surface area contributed by atoms with Crippen molar-refractivity contribution in [3.8, 4) is 5.75 Å². The van der Waals surface area contributed by atoms with E-state index in [1.54, 1.807) is 24.3 Å². The summed E-state index contributed by atoms with van der Waals surface area (Å²) >= 11 is 6.06. The highest BCUT2D eigenvalue weighted by molar-refractivity contribution is 7.92. The minimum absolute atomic E-state index is 0.138. The minimum atomic E-state index is -3.41. The van der Waals surface area contributed by atoms with E-state index in [4.69, 9.17) is 16.3 Å². The molecule has 2 aromatic rings. The van der Waals surface area contributed by atoms with Crippen LogP contribution >= 0.6 is 11.6 Å². The summed E-state index contributed by atoms with van der Waals surface area (Å²) in [6.45, 7) is 0. The Hall–Kier alpha value is -2.25. The van der Waals surface area contributed by atoms with E-state index in [1.165, 1.54) is 25.3 Å². The molecule has 2 rings (SSSR count). The van der Waals surface area contributed by atoms with Gasteiger partial charge in [0.15, 0.2) is 0 Å². The Labute approximate surface area is 139 Å². The fourth-order valence-corrected chi connectivity index (χ4v) is 2.70. The number of carbonyl (C=O) groups excluding carboxylic acids is 1. The van der Waals surface area contributed by atoms with Gasteiger partial charge in [-0.3, -0.25) is 9.52 Å². The molecular weight excluding hydrogens is 340 g/mol. The van der Waals surface area contributed by atoms with Crippen LogP contribution in [0.2, 0.25) is 5.02 Å². The average molecular weight is 355 g/mol. The maximum absolute atomic E-state index is 12.3. The van der Waals surface area contributed by atoms with Crippen LogP contribution in [0.15, 0.2) is 42.5 Å². The standard InChI is InChI=1S/C15H15ClN2O4S/c1-22-12-5-3-4-10(8-12)17-15(19)13-7-6-11(9-14(13)16)18-23(2,20)21/h3-9,18H,1-2H3,(H,17,19). The quantitative estimate of drug-likeness (QED) is 0.864. The van der Waals surface area contributed by atoms with Gasteiger partial charge in [-0.05, 0) is 30.3 Å². The van der Waals surface area contributed by atoms with Gasteiger partial charge in [0.2, 0.25) is 10.0 Å². The number of methoxy groups -OCH3 is 1. The molecule has 0 aliphatic carbocycles. The molecule has 0 fully saturated rings. The van der Waals surface area contributed by atoms with Gasteiger partial charge in [-0.15, -0.1) is 0 Å². The number of ether oxygens (including phenoxy) is 1. The Kier molecular flexibility index (Phi) is 5.12. The lowest BCUT2D eigenvalue weighted by molar-refractivity contribution is 0.102. The molecule has 8 heteroatoms. The second-order valence-corrected chi connectivity index (χ2v) is 6.91. The Bertz CT molecular complexity index is 837. The van der Waals surface area contributed by atoms with Gasteiger partial charge in [0.25, 0.3) is 5.91 Å². The Morgan fingerprint density at radius 1 is 1.13 bits per heavy atom. The molecule has 0 unspecified atom stereocenters. The molecule has 0 aliphatic rings. The van der Waals surface area contributed by atoms with E-state index in [0.717, 1.165) is 6.26 Å². The molecule has 122 valence electrons. The molecule has 0 atom stereocenters. The summed E-state index contributed by atoms with van der Waals surface area (Å²) in [7, 11) is -1.87. The van der Waals surface area contributed by atoms with Crippen LogP contribution in [-0.4, -0.2) is 27.7 Å². The summed E-state index contributed by atoms with van der Waals surface area (Å²) < 4.78 is 29.8. The van der Waals surface area contributed by atoms with E-state index in [9.17, 15) is 13.2 Å². The Morgan fingerprint density at radius 3 is 2.48 bits per heavy atom. The van der Waals surface area contributed by atoms with Crippen LogP contribution in [0, 0.1) is 0 Å². The number of benzene rings is 2. The van der Waals surface area contributed by atoms with Crippen molar-refractivity contribution in [1.82, 2.24) is 0 Å². The van der Waals surface area contributed by atoms with Crippen molar-refractivity contribution in [3.63, 3.8) is 0 Å². The number of amides is 1. The molecule has 1 amide bonds. The van der Waals surface area contributed by atoms with E-state index >= 15 is 0 Å². The van der Waals surface area contributed by atoms with E-state index in [0.29, 0.717) is 11.4 Å². The first-order valence-corrected chi connectivity index (χ1v) is 8.78. The molecule has 0 bridgehead atoms. The number of nitrogens with one attached hydrogen (secondary N) is 2. The molecule has 2 aromatic carbocycles. The molecule has 0 radical (unpaired) electrons. The lowest BCUT2D eigenvalue weighted by Gasteiger charge is -2.10. The van der Waals surface area contributed by atoms with Crippen LogP contribution in [0.1, 0.15) is 10.4 Å². The second-order valence-electron chi connectivity index (χ2n) is 4.75. The number of anilines is 2. The molecule has 0 aromatic heterocycles. The van der Waals surface area contributed by atoms with E-state index in [1.807, 2.05) is 0 Å². The molecule has 0 saturated heterocycles. The average Bonchev–Trinajstić information content (AvgIpc) is 2.45. The first-order chi connectivity index (χ1) is 10.8. The topological polar surface area (TPSA) is 84.5 Å². The van der Waals surface area contributed by atoms with E-state index < -0.39 is 15.9 Å². The third kappa shape index (κ3) is 4.87. The van der Waals surface area contributed by atoms with Crippen LogP contribution < -0.4 is 14.8 Å². The van der Waals surface area contributed by atoms with Gasteiger partial charge in [0, 0.05) is 17.4 Å². The Balaban J connectivity index is 2.19. The van der Waals surface area contributed by atoms with Gasteiger partial charge >= 0.3 is 0 Å². The van der Waals surface area contributed by atoms with Crippen LogP contribution in [0.25, 0.3) is 0 Å². The lowest BCUT2D eigenvalue weighted by Crippen LogP contribution is -2.13. The van der Waals surface area contributed by atoms with Crippen molar-refractivity contribution in [2.45, 2.75) is 0 Å².